The Bertz CT molecular complexity index is 214. The smallest absolute Gasteiger partial charge is 0.377 e. The van der Waals surface area contributed by atoms with E-state index >= 15 is 0 Å². The van der Waals surface area contributed by atoms with Crippen LogP contribution in [0.15, 0.2) is 0 Å². The molecule has 2 N–H and O–H groups in total. The van der Waals surface area contributed by atoms with Crippen LogP contribution in [0.25, 0.3) is 0 Å². The van der Waals surface area contributed by atoms with Crippen molar-refractivity contribution in [2.45, 2.75) is 24.4 Å². The van der Waals surface area contributed by atoms with Gasteiger partial charge in [-0.05, 0) is 18.6 Å². The highest BCUT2D eigenvalue weighted by atomic mass is 32.2. The summed E-state index contributed by atoms with van der Waals surface area (Å²) < 4.78 is 25.9. The summed E-state index contributed by atoms with van der Waals surface area (Å²) in [5.74, 6) is -5.82. The number of aliphatic carboxylic acids is 1. The van der Waals surface area contributed by atoms with E-state index in [1.54, 1.807) is 0 Å². The lowest BCUT2D eigenvalue weighted by molar-refractivity contribution is -0.204. The lowest BCUT2D eigenvalue weighted by Gasteiger charge is -2.35. The first-order chi connectivity index (χ1) is 5.90. The summed E-state index contributed by atoms with van der Waals surface area (Å²) in [6.45, 7) is 0. The first kappa shape index (κ1) is 10.7. The number of rotatable bonds is 2. The zero-order chi connectivity index (χ0) is 10.1. The van der Waals surface area contributed by atoms with Gasteiger partial charge in [-0.3, -0.25) is 0 Å². The Morgan fingerprint density at radius 3 is 2.54 bits per heavy atom. The molecule has 0 saturated carbocycles. The third kappa shape index (κ3) is 1.78. The van der Waals surface area contributed by atoms with Crippen LogP contribution >= 0.6 is 11.8 Å². The Kier molecular flexibility index (Phi) is 2.82. The Balaban J connectivity index is 2.82. The molecule has 1 unspecified atom stereocenters. The average molecular weight is 212 g/mol. The molecule has 1 fully saturated rings. The highest BCUT2D eigenvalue weighted by Crippen LogP contribution is 2.39. The van der Waals surface area contributed by atoms with E-state index in [0.29, 0.717) is 12.2 Å². The molecule has 0 bridgehead atoms. The minimum absolute atomic E-state index is 0.153. The van der Waals surface area contributed by atoms with Crippen LogP contribution in [0, 0.1) is 0 Å². The van der Waals surface area contributed by atoms with E-state index in [1.807, 2.05) is 0 Å². The van der Waals surface area contributed by atoms with Crippen molar-refractivity contribution in [1.29, 1.82) is 0 Å². The normalized spacial score (nSPS) is 30.1. The molecular weight excluding hydrogens is 202 g/mol. The topological polar surface area (TPSA) is 57.5 Å². The number of alkyl halides is 2. The van der Waals surface area contributed by atoms with Gasteiger partial charge < -0.3 is 10.2 Å². The molecule has 1 atom stereocenters. The number of carboxylic acids is 1. The van der Waals surface area contributed by atoms with Crippen molar-refractivity contribution in [3.8, 4) is 0 Å². The van der Waals surface area contributed by atoms with Crippen molar-refractivity contribution < 1.29 is 23.8 Å². The van der Waals surface area contributed by atoms with Crippen molar-refractivity contribution in [1.82, 2.24) is 0 Å². The molecule has 0 aromatic carbocycles. The molecule has 1 aliphatic rings. The van der Waals surface area contributed by atoms with Gasteiger partial charge in [0.2, 0.25) is 0 Å². The summed E-state index contributed by atoms with van der Waals surface area (Å²) in [5, 5.41) is 17.7. The van der Waals surface area contributed by atoms with Crippen LogP contribution < -0.4 is 0 Å². The monoisotopic (exact) mass is 212 g/mol. The van der Waals surface area contributed by atoms with Gasteiger partial charge in [-0.2, -0.15) is 20.5 Å². The zero-order valence-electron chi connectivity index (χ0n) is 6.80. The average Bonchev–Trinajstić information content (AvgIpc) is 2.05. The van der Waals surface area contributed by atoms with Gasteiger partial charge in [0.05, 0.1) is 0 Å². The third-order valence-corrected chi connectivity index (χ3v) is 3.33. The minimum atomic E-state index is -4.04. The maximum absolute atomic E-state index is 13.0. The van der Waals surface area contributed by atoms with E-state index in [-0.39, 0.29) is 12.2 Å². The van der Waals surface area contributed by atoms with Crippen LogP contribution in [0.5, 0.6) is 0 Å². The molecule has 1 rings (SSSR count). The fourth-order valence-corrected chi connectivity index (χ4v) is 2.38. The van der Waals surface area contributed by atoms with Gasteiger partial charge >= 0.3 is 11.9 Å². The Morgan fingerprint density at radius 1 is 1.54 bits per heavy atom. The van der Waals surface area contributed by atoms with E-state index < -0.39 is 17.5 Å². The van der Waals surface area contributed by atoms with Crippen LogP contribution in [0.3, 0.4) is 0 Å². The Hall–Kier alpha value is -0.360. The number of hydrogen-bond acceptors (Lipinski definition) is 3. The molecule has 13 heavy (non-hydrogen) atoms. The van der Waals surface area contributed by atoms with Crippen LogP contribution in [-0.4, -0.2) is 39.2 Å². The lowest BCUT2D eigenvalue weighted by Crippen LogP contribution is -2.56. The van der Waals surface area contributed by atoms with Crippen molar-refractivity contribution in [2.75, 3.05) is 11.5 Å². The summed E-state index contributed by atoms with van der Waals surface area (Å²) in [7, 11) is 0. The summed E-state index contributed by atoms with van der Waals surface area (Å²) >= 11 is 1.15. The van der Waals surface area contributed by atoms with E-state index in [9.17, 15) is 18.7 Å². The molecule has 1 heterocycles. The summed E-state index contributed by atoms with van der Waals surface area (Å²) in [4.78, 5) is 10.2. The largest absolute Gasteiger partial charge is 0.477 e. The summed E-state index contributed by atoms with van der Waals surface area (Å²) in [5.41, 5.74) is -2.37. The first-order valence-electron chi connectivity index (χ1n) is 3.81. The molecule has 0 aliphatic carbocycles. The maximum atomic E-state index is 13.0. The van der Waals surface area contributed by atoms with Crippen molar-refractivity contribution >= 4 is 17.7 Å². The standard InChI is InChI=1S/C7H10F2O3S/c8-7(9,5(10)11)6(12)2-1-3-13-4-6/h12H,1-4H2,(H,10,11). The molecule has 3 nitrogen and oxygen atoms in total. The highest BCUT2D eigenvalue weighted by molar-refractivity contribution is 7.99. The second-order valence-corrected chi connectivity index (χ2v) is 4.17. The fraction of sp³-hybridized carbons (Fsp3) is 0.857. The molecule has 6 heteroatoms. The molecule has 76 valence electrons. The third-order valence-electron chi connectivity index (χ3n) is 2.07. The Labute approximate surface area is 78.1 Å². The van der Waals surface area contributed by atoms with Gasteiger partial charge in [-0.1, -0.05) is 0 Å². The number of carboxylic acid groups (broad SMARTS) is 1. The lowest BCUT2D eigenvalue weighted by atomic mass is 9.92. The van der Waals surface area contributed by atoms with E-state index in [2.05, 4.69) is 0 Å². The van der Waals surface area contributed by atoms with Gasteiger partial charge in [-0.25, -0.2) is 4.79 Å². The number of carbonyl (C=O) groups is 1. The highest BCUT2D eigenvalue weighted by Gasteiger charge is 2.58. The van der Waals surface area contributed by atoms with E-state index in [4.69, 9.17) is 5.11 Å². The second kappa shape index (κ2) is 3.42. The van der Waals surface area contributed by atoms with Gasteiger partial charge in [0.15, 0.2) is 0 Å². The molecule has 0 spiro atoms. The van der Waals surface area contributed by atoms with E-state index in [1.165, 1.54) is 0 Å². The first-order valence-corrected chi connectivity index (χ1v) is 4.97. The molecule has 0 aromatic rings. The quantitative estimate of drug-likeness (QED) is 0.716. The van der Waals surface area contributed by atoms with Gasteiger partial charge in [-0.15, -0.1) is 0 Å². The van der Waals surface area contributed by atoms with Crippen LogP contribution in [0.2, 0.25) is 0 Å². The number of hydrogen-bond donors (Lipinski definition) is 2. The molecular formula is C7H10F2O3S. The Morgan fingerprint density at radius 2 is 2.15 bits per heavy atom. The number of halogens is 2. The van der Waals surface area contributed by atoms with Crippen molar-refractivity contribution in [3.05, 3.63) is 0 Å². The number of aliphatic hydroxyl groups is 1. The summed E-state index contributed by atoms with van der Waals surface area (Å²) in [6, 6.07) is 0. The van der Waals surface area contributed by atoms with Crippen molar-refractivity contribution in [2.24, 2.45) is 0 Å². The van der Waals surface area contributed by atoms with Crippen LogP contribution in [0.1, 0.15) is 12.8 Å². The van der Waals surface area contributed by atoms with Crippen LogP contribution in [0.4, 0.5) is 8.78 Å². The molecule has 1 saturated heterocycles. The zero-order valence-corrected chi connectivity index (χ0v) is 7.61. The molecule has 0 aromatic heterocycles. The molecule has 1 aliphatic heterocycles. The number of thioether (sulfide) groups is 1. The second-order valence-electron chi connectivity index (χ2n) is 3.07. The van der Waals surface area contributed by atoms with Gasteiger partial charge in [0, 0.05) is 5.75 Å². The predicted molar refractivity (Wildman–Crippen MR) is 44.1 cm³/mol. The van der Waals surface area contributed by atoms with Crippen molar-refractivity contribution in [3.63, 3.8) is 0 Å². The predicted octanol–water partition coefficient (Wildman–Crippen LogP) is 0.964. The SMILES string of the molecule is O=C(O)C(F)(F)C1(O)CCCSC1. The van der Waals surface area contributed by atoms with Gasteiger partial charge in [0.25, 0.3) is 0 Å². The maximum Gasteiger partial charge on any atom is 0.377 e. The summed E-state index contributed by atoms with van der Waals surface area (Å²) in [6.07, 6.45) is 0.267. The van der Waals surface area contributed by atoms with E-state index in [0.717, 1.165) is 11.8 Å². The van der Waals surface area contributed by atoms with Crippen LogP contribution in [-0.2, 0) is 4.79 Å². The molecule has 0 radical (unpaired) electrons. The van der Waals surface area contributed by atoms with Gasteiger partial charge in [0.1, 0.15) is 5.60 Å². The molecule has 0 amide bonds. The minimum Gasteiger partial charge on any atom is -0.477 e. The fourth-order valence-electron chi connectivity index (χ4n) is 1.23.